The van der Waals surface area contributed by atoms with Crippen LogP contribution in [0.2, 0.25) is 0 Å². The van der Waals surface area contributed by atoms with Gasteiger partial charge in [-0.05, 0) is 66.5 Å². The van der Waals surface area contributed by atoms with Crippen LogP contribution in [0.3, 0.4) is 0 Å². The second kappa shape index (κ2) is 8.86. The average molecular weight is 539 g/mol. The van der Waals surface area contributed by atoms with Crippen LogP contribution in [0.15, 0.2) is 137 Å². The SMILES string of the molecule is C1=CC2NC3=C(CC(n4cccc4)C=C3)C2C=C1c1nnc(C2C=CC3=C(C2)C2C=C(n4cccc4)C=CC2N3)o1. The van der Waals surface area contributed by atoms with Crippen molar-refractivity contribution < 1.29 is 4.42 Å². The molecule has 7 heteroatoms. The molecule has 0 aromatic carbocycles. The van der Waals surface area contributed by atoms with Crippen molar-refractivity contribution in [2.45, 2.75) is 36.9 Å². The van der Waals surface area contributed by atoms with Gasteiger partial charge in [-0.15, -0.1) is 10.2 Å². The molecule has 6 atom stereocenters. The molecule has 4 aliphatic carbocycles. The van der Waals surface area contributed by atoms with Crippen LogP contribution >= 0.6 is 0 Å². The molecule has 0 fully saturated rings. The third kappa shape index (κ3) is 3.72. The van der Waals surface area contributed by atoms with E-state index in [1.54, 1.807) is 0 Å². The Kier molecular flexibility index (Phi) is 4.97. The first-order valence-electron chi connectivity index (χ1n) is 14.5. The fraction of sp³-hybridized carbons (Fsp3) is 0.235. The first-order chi connectivity index (χ1) is 20.3. The Hall–Kier alpha value is -4.78. The van der Waals surface area contributed by atoms with Crippen LogP contribution in [-0.2, 0) is 0 Å². The maximum atomic E-state index is 6.37. The van der Waals surface area contributed by atoms with E-state index in [0.29, 0.717) is 23.7 Å². The van der Waals surface area contributed by atoms with E-state index in [9.17, 15) is 0 Å². The van der Waals surface area contributed by atoms with Crippen molar-refractivity contribution in [1.29, 1.82) is 0 Å². The van der Waals surface area contributed by atoms with Gasteiger partial charge in [-0.1, -0.05) is 42.5 Å². The summed E-state index contributed by atoms with van der Waals surface area (Å²) in [6, 6.07) is 9.21. The van der Waals surface area contributed by atoms with Crippen molar-refractivity contribution in [3.05, 3.63) is 144 Å². The first-order valence-corrected chi connectivity index (χ1v) is 14.5. The second-order valence-electron chi connectivity index (χ2n) is 11.7. The summed E-state index contributed by atoms with van der Waals surface area (Å²) < 4.78 is 10.8. The number of allylic oxidation sites excluding steroid dienone is 8. The summed E-state index contributed by atoms with van der Waals surface area (Å²) in [5.74, 6) is 1.96. The minimum Gasteiger partial charge on any atom is -0.420 e. The molecule has 3 aromatic heterocycles. The van der Waals surface area contributed by atoms with E-state index < -0.39 is 0 Å². The molecule has 202 valence electrons. The standard InChI is InChI=1S/C34H30N6O/c1-2-14-39(13-1)23-7-11-31-27(19-23)25-17-21(5-9-29(25)35-31)33-37-38-34(41-33)22-6-10-30-26(18-22)28-20-24(8-12-32(28)36-30)40-15-3-4-16-40/h1-17,20,22-23,25,28-29,32,35-36H,18-19H2. The molecule has 9 rings (SSSR count). The lowest BCUT2D eigenvalue weighted by molar-refractivity contribution is 0.456. The van der Waals surface area contributed by atoms with Crippen LogP contribution in [0.1, 0.15) is 36.6 Å². The van der Waals surface area contributed by atoms with Gasteiger partial charge >= 0.3 is 0 Å². The van der Waals surface area contributed by atoms with E-state index in [-0.39, 0.29) is 23.9 Å². The second-order valence-corrected chi connectivity index (χ2v) is 11.7. The summed E-state index contributed by atoms with van der Waals surface area (Å²) in [5.41, 5.74) is 7.56. The zero-order valence-electron chi connectivity index (χ0n) is 22.5. The Labute approximate surface area is 238 Å². The predicted molar refractivity (Wildman–Crippen MR) is 158 cm³/mol. The third-order valence-electron chi connectivity index (χ3n) is 9.35. The molecular formula is C34H30N6O. The molecule has 7 nitrogen and oxygen atoms in total. The first kappa shape index (κ1) is 23.0. The number of nitrogens with one attached hydrogen (secondary N) is 2. The lowest BCUT2D eigenvalue weighted by Gasteiger charge is -2.24. The van der Waals surface area contributed by atoms with E-state index in [0.717, 1.165) is 18.4 Å². The van der Waals surface area contributed by atoms with Crippen LogP contribution in [0, 0.1) is 11.8 Å². The van der Waals surface area contributed by atoms with E-state index in [1.807, 2.05) is 0 Å². The number of rotatable bonds is 4. The van der Waals surface area contributed by atoms with Gasteiger partial charge in [0.1, 0.15) is 0 Å². The highest BCUT2D eigenvalue weighted by Crippen LogP contribution is 2.44. The smallest absolute Gasteiger partial charge is 0.247 e. The number of aromatic nitrogens is 4. The molecule has 6 aliphatic rings. The molecule has 2 aliphatic heterocycles. The van der Waals surface area contributed by atoms with Gasteiger partial charge in [0.2, 0.25) is 11.8 Å². The highest BCUT2D eigenvalue weighted by atomic mass is 16.4. The number of hydrogen-bond acceptors (Lipinski definition) is 5. The number of hydrogen-bond donors (Lipinski definition) is 2. The van der Waals surface area contributed by atoms with Crippen molar-refractivity contribution in [3.63, 3.8) is 0 Å². The maximum absolute atomic E-state index is 6.37. The Balaban J connectivity index is 0.946. The van der Waals surface area contributed by atoms with Crippen LogP contribution in [-0.4, -0.2) is 31.4 Å². The van der Waals surface area contributed by atoms with Gasteiger partial charge in [0.05, 0.1) is 24.0 Å². The topological polar surface area (TPSA) is 72.8 Å². The lowest BCUT2D eigenvalue weighted by atomic mass is 9.82. The molecule has 0 spiro atoms. The zero-order valence-corrected chi connectivity index (χ0v) is 22.5. The molecule has 6 unspecified atom stereocenters. The van der Waals surface area contributed by atoms with Gasteiger partial charge in [-0.3, -0.25) is 0 Å². The van der Waals surface area contributed by atoms with Gasteiger partial charge in [-0.2, -0.15) is 0 Å². The Morgan fingerprint density at radius 3 is 2.24 bits per heavy atom. The minimum absolute atomic E-state index is 0.0686. The number of fused-ring (bicyclic) bond motifs is 4. The van der Waals surface area contributed by atoms with Crippen LogP contribution < -0.4 is 10.6 Å². The molecule has 41 heavy (non-hydrogen) atoms. The summed E-state index contributed by atoms with van der Waals surface area (Å²) in [6.07, 6.45) is 32.8. The fourth-order valence-corrected chi connectivity index (χ4v) is 7.25. The van der Waals surface area contributed by atoms with Gasteiger partial charge in [0, 0.05) is 59.3 Å². The molecular weight excluding hydrogens is 508 g/mol. The highest BCUT2D eigenvalue weighted by Gasteiger charge is 2.38. The van der Waals surface area contributed by atoms with Crippen molar-refractivity contribution >= 4 is 11.3 Å². The minimum atomic E-state index is 0.0686. The van der Waals surface area contributed by atoms with Crippen molar-refractivity contribution in [1.82, 2.24) is 30.0 Å². The van der Waals surface area contributed by atoms with Gasteiger partial charge < -0.3 is 24.2 Å². The van der Waals surface area contributed by atoms with Crippen molar-refractivity contribution in [3.8, 4) is 0 Å². The molecule has 0 saturated heterocycles. The molecule has 0 radical (unpaired) electrons. The van der Waals surface area contributed by atoms with Crippen LogP contribution in [0.4, 0.5) is 0 Å². The molecule has 0 amide bonds. The average Bonchev–Trinajstić information content (AvgIpc) is 3.84. The van der Waals surface area contributed by atoms with E-state index in [1.165, 1.54) is 28.2 Å². The quantitative estimate of drug-likeness (QED) is 0.448. The lowest BCUT2D eigenvalue weighted by Crippen LogP contribution is -2.27. The van der Waals surface area contributed by atoms with Crippen molar-refractivity contribution in [2.75, 3.05) is 0 Å². The fourth-order valence-electron chi connectivity index (χ4n) is 7.25. The van der Waals surface area contributed by atoms with Crippen molar-refractivity contribution in [2.24, 2.45) is 11.8 Å². The maximum Gasteiger partial charge on any atom is 0.247 e. The van der Waals surface area contributed by atoms with Gasteiger partial charge in [0.25, 0.3) is 0 Å². The summed E-state index contributed by atoms with van der Waals surface area (Å²) >= 11 is 0. The van der Waals surface area contributed by atoms with Gasteiger partial charge in [-0.25, -0.2) is 0 Å². The molecule has 3 aromatic rings. The summed E-state index contributed by atoms with van der Waals surface area (Å²) in [4.78, 5) is 0. The summed E-state index contributed by atoms with van der Waals surface area (Å²) in [7, 11) is 0. The Morgan fingerprint density at radius 1 is 0.707 bits per heavy atom. The monoisotopic (exact) mass is 538 g/mol. The van der Waals surface area contributed by atoms with Gasteiger partial charge in [0.15, 0.2) is 0 Å². The molecule has 0 bridgehead atoms. The number of nitrogens with zero attached hydrogens (tertiary/aromatic N) is 4. The summed E-state index contributed by atoms with van der Waals surface area (Å²) in [5, 5.41) is 16.5. The normalized spacial score (nSPS) is 30.8. The van der Waals surface area contributed by atoms with E-state index >= 15 is 0 Å². The largest absolute Gasteiger partial charge is 0.420 e. The zero-order chi connectivity index (χ0) is 26.9. The predicted octanol–water partition coefficient (Wildman–Crippen LogP) is 5.67. The molecule has 2 N–H and O–H groups in total. The molecule has 5 heterocycles. The Morgan fingerprint density at radius 2 is 1.41 bits per heavy atom. The Bertz CT molecular complexity index is 1770. The third-order valence-corrected chi connectivity index (χ3v) is 9.35. The summed E-state index contributed by atoms with van der Waals surface area (Å²) in [6.45, 7) is 0. The van der Waals surface area contributed by atoms with Crippen LogP contribution in [0.5, 0.6) is 0 Å². The van der Waals surface area contributed by atoms with E-state index in [4.69, 9.17) is 4.42 Å². The highest BCUT2D eigenvalue weighted by molar-refractivity contribution is 5.72. The van der Waals surface area contributed by atoms with E-state index in [2.05, 4.69) is 140 Å². The molecule has 0 saturated carbocycles. The van der Waals surface area contributed by atoms with Crippen LogP contribution in [0.25, 0.3) is 11.3 Å².